The van der Waals surface area contributed by atoms with Crippen LogP contribution in [0, 0.1) is 17.6 Å². The Morgan fingerprint density at radius 2 is 1.97 bits per heavy atom. The van der Waals surface area contributed by atoms with Crippen molar-refractivity contribution in [2.75, 3.05) is 6.54 Å². The second kappa shape index (κ2) is 8.54. The number of aromatic nitrogens is 2. The highest BCUT2D eigenvalue weighted by Gasteiger charge is 2.37. The molecule has 1 aromatic carbocycles. The first-order valence-electron chi connectivity index (χ1n) is 11.1. The number of amides is 1. The van der Waals surface area contributed by atoms with Crippen molar-refractivity contribution < 1.29 is 18.4 Å². The smallest absolute Gasteiger partial charge is 0.260 e. The molecule has 0 unspecified atom stereocenters. The minimum atomic E-state index is -0.934. The maximum absolute atomic E-state index is 14.4. The summed E-state index contributed by atoms with van der Waals surface area (Å²) in [6.07, 6.45) is 4.21. The van der Waals surface area contributed by atoms with Gasteiger partial charge < -0.3 is 9.88 Å². The van der Waals surface area contributed by atoms with E-state index < -0.39 is 23.0 Å². The Kier molecular flexibility index (Phi) is 5.91. The lowest BCUT2D eigenvalue weighted by Gasteiger charge is -2.29. The van der Waals surface area contributed by atoms with E-state index in [9.17, 15) is 18.4 Å². The first-order chi connectivity index (χ1) is 15.6. The number of rotatable bonds is 5. The number of hydrogen-bond donors (Lipinski definition) is 1. The van der Waals surface area contributed by atoms with Crippen LogP contribution in [-0.2, 0) is 10.2 Å². The van der Waals surface area contributed by atoms with Gasteiger partial charge in [-0.1, -0.05) is 27.7 Å². The molecule has 3 aromatic rings. The third-order valence-corrected chi connectivity index (χ3v) is 6.04. The van der Waals surface area contributed by atoms with Gasteiger partial charge >= 0.3 is 0 Å². The van der Waals surface area contributed by atoms with Crippen LogP contribution < -0.4 is 0 Å². The molecular formula is C26H27F2N3O2. The maximum atomic E-state index is 14.4. The second-order valence-electron chi connectivity index (χ2n) is 9.61. The zero-order valence-electron chi connectivity index (χ0n) is 19.2. The van der Waals surface area contributed by atoms with Crippen molar-refractivity contribution in [2.45, 2.75) is 46.0 Å². The van der Waals surface area contributed by atoms with Crippen molar-refractivity contribution in [3.8, 4) is 0 Å². The van der Waals surface area contributed by atoms with Crippen LogP contribution in [0.1, 0.15) is 62.2 Å². The highest BCUT2D eigenvalue weighted by atomic mass is 19.1. The molecule has 1 N–H and O–H groups in total. The Bertz CT molecular complexity index is 1270. The number of halogens is 2. The number of ketones is 1. The fourth-order valence-corrected chi connectivity index (χ4v) is 4.41. The van der Waals surface area contributed by atoms with Gasteiger partial charge in [0.1, 0.15) is 17.3 Å². The molecule has 7 heteroatoms. The van der Waals surface area contributed by atoms with E-state index in [1.165, 1.54) is 11.1 Å². The third kappa shape index (κ3) is 4.32. The number of H-pyrrole nitrogens is 1. The molecule has 1 aliphatic rings. The fraction of sp³-hybridized carbons (Fsp3) is 0.346. The number of nitrogens with one attached hydrogen (secondary N) is 1. The number of carbonyl (C=O) groups is 2. The van der Waals surface area contributed by atoms with E-state index in [0.29, 0.717) is 41.7 Å². The van der Waals surface area contributed by atoms with E-state index in [0.717, 1.165) is 23.1 Å². The molecule has 1 aliphatic heterocycles. The van der Waals surface area contributed by atoms with Crippen LogP contribution in [0.25, 0.3) is 16.6 Å². The summed E-state index contributed by atoms with van der Waals surface area (Å²) < 4.78 is 27.9. The molecular weight excluding hydrogens is 424 g/mol. The zero-order valence-corrected chi connectivity index (χ0v) is 19.2. The highest BCUT2D eigenvalue weighted by molar-refractivity contribution is 6.22. The molecule has 4 rings (SSSR count). The third-order valence-electron chi connectivity index (χ3n) is 6.04. The molecule has 0 atom stereocenters. The Morgan fingerprint density at radius 3 is 2.67 bits per heavy atom. The van der Waals surface area contributed by atoms with Gasteiger partial charge in [0.05, 0.1) is 16.8 Å². The molecule has 1 amide bonds. The number of benzene rings is 1. The van der Waals surface area contributed by atoms with Crippen LogP contribution in [0.3, 0.4) is 0 Å². The average molecular weight is 452 g/mol. The Labute approximate surface area is 191 Å². The van der Waals surface area contributed by atoms with Crippen LogP contribution in [-0.4, -0.2) is 33.1 Å². The summed E-state index contributed by atoms with van der Waals surface area (Å²) in [6, 6.07) is 6.65. The van der Waals surface area contributed by atoms with Gasteiger partial charge in [0.15, 0.2) is 5.78 Å². The first kappa shape index (κ1) is 22.8. The molecule has 5 nitrogen and oxygen atoms in total. The van der Waals surface area contributed by atoms with Crippen LogP contribution in [0.2, 0.25) is 0 Å². The zero-order chi connectivity index (χ0) is 23.9. The largest absolute Gasteiger partial charge is 0.339 e. The van der Waals surface area contributed by atoms with Crippen LogP contribution in [0.5, 0.6) is 0 Å². The summed E-state index contributed by atoms with van der Waals surface area (Å²) in [4.78, 5) is 35.7. The number of hydrogen-bond acceptors (Lipinski definition) is 3. The Balaban J connectivity index is 1.87. The molecule has 0 aliphatic carbocycles. The summed E-state index contributed by atoms with van der Waals surface area (Å²) in [5.41, 5.74) is 1.74. The minimum Gasteiger partial charge on any atom is -0.339 e. The summed E-state index contributed by atoms with van der Waals surface area (Å²) in [5.74, 6) is -2.08. The number of pyridine rings is 1. The van der Waals surface area contributed by atoms with Gasteiger partial charge in [0, 0.05) is 42.2 Å². The van der Waals surface area contributed by atoms with E-state index in [1.54, 1.807) is 6.20 Å². The van der Waals surface area contributed by atoms with Gasteiger partial charge in [-0.15, -0.1) is 0 Å². The quantitative estimate of drug-likeness (QED) is 0.547. The van der Waals surface area contributed by atoms with Crippen molar-refractivity contribution in [3.05, 3.63) is 71.2 Å². The van der Waals surface area contributed by atoms with E-state index in [1.807, 2.05) is 39.8 Å². The predicted octanol–water partition coefficient (Wildman–Crippen LogP) is 5.62. The summed E-state index contributed by atoms with van der Waals surface area (Å²) in [5, 5.41) is 0.877. The predicted molar refractivity (Wildman–Crippen MR) is 124 cm³/mol. The van der Waals surface area contributed by atoms with E-state index in [2.05, 4.69) is 9.97 Å². The number of Topliss-reactive ketones (excluding diaryl/α,β-unsaturated/α-hetero) is 1. The summed E-state index contributed by atoms with van der Waals surface area (Å²) in [6.45, 7) is 8.25. The van der Waals surface area contributed by atoms with Gasteiger partial charge in [0.25, 0.3) is 5.91 Å². The lowest BCUT2D eigenvalue weighted by molar-refractivity contribution is -0.114. The molecule has 33 heavy (non-hydrogen) atoms. The molecule has 0 radical (unpaired) electrons. The molecule has 0 saturated heterocycles. The lowest BCUT2D eigenvalue weighted by atomic mass is 9.81. The summed E-state index contributed by atoms with van der Waals surface area (Å²) in [7, 11) is 0. The summed E-state index contributed by atoms with van der Waals surface area (Å²) >= 11 is 0. The van der Waals surface area contributed by atoms with Crippen molar-refractivity contribution in [2.24, 2.45) is 5.92 Å². The van der Waals surface area contributed by atoms with Crippen LogP contribution >= 0.6 is 0 Å². The molecule has 172 valence electrons. The van der Waals surface area contributed by atoms with Crippen LogP contribution in [0.15, 0.2) is 42.7 Å². The van der Waals surface area contributed by atoms with Gasteiger partial charge in [-0.3, -0.25) is 9.59 Å². The average Bonchev–Trinajstić information content (AvgIpc) is 3.09. The van der Waals surface area contributed by atoms with Crippen molar-refractivity contribution in [3.63, 3.8) is 0 Å². The van der Waals surface area contributed by atoms with Gasteiger partial charge in [-0.2, -0.15) is 0 Å². The van der Waals surface area contributed by atoms with Crippen LogP contribution in [0.4, 0.5) is 8.78 Å². The van der Waals surface area contributed by atoms with Gasteiger partial charge in [-0.25, -0.2) is 13.8 Å². The molecule has 0 bridgehead atoms. The van der Waals surface area contributed by atoms with Crippen molar-refractivity contribution in [1.82, 2.24) is 14.9 Å². The Hall–Kier alpha value is -3.35. The number of aromatic amines is 1. The first-order valence-corrected chi connectivity index (χ1v) is 11.1. The van der Waals surface area contributed by atoms with E-state index in [-0.39, 0.29) is 17.9 Å². The monoisotopic (exact) mass is 451 g/mol. The topological polar surface area (TPSA) is 66.1 Å². The number of allylic oxidation sites excluding steroid dienone is 1. The van der Waals surface area contributed by atoms with Gasteiger partial charge in [-0.05, 0) is 42.2 Å². The van der Waals surface area contributed by atoms with E-state index >= 15 is 0 Å². The normalized spacial score (nSPS) is 15.4. The van der Waals surface area contributed by atoms with E-state index in [4.69, 9.17) is 0 Å². The fourth-order valence-electron chi connectivity index (χ4n) is 4.41. The molecule has 0 saturated carbocycles. The minimum absolute atomic E-state index is 0.105. The molecule has 3 heterocycles. The number of fused-ring (bicyclic) bond motifs is 3. The van der Waals surface area contributed by atoms with Crippen molar-refractivity contribution in [1.29, 1.82) is 0 Å². The Morgan fingerprint density at radius 1 is 1.21 bits per heavy atom. The number of carbonyl (C=O) groups excluding carboxylic acids is 2. The molecule has 0 fully saturated rings. The van der Waals surface area contributed by atoms with Crippen molar-refractivity contribution >= 4 is 28.3 Å². The maximum Gasteiger partial charge on any atom is 0.260 e. The SMILES string of the molecule is CC(C)CCC(=O)C1=CN(C(=O)c2ccc(F)cc2F)CC(C)(C)c2c1[nH]c1ncccc21. The lowest BCUT2D eigenvalue weighted by Crippen LogP contribution is -2.37. The standard InChI is InChI=1S/C26H27F2N3O2/c1-15(2)7-10-21(32)19-13-31(25(33)17-9-8-16(27)12-20(17)28)14-26(3,4)22-18-6-5-11-29-24(18)30-23(19)22/h5-6,8-9,11-13,15H,7,10,14H2,1-4H3,(H,29,30). The molecule has 2 aromatic heterocycles. The number of nitrogens with zero attached hydrogens (tertiary/aromatic N) is 2. The second-order valence-corrected chi connectivity index (χ2v) is 9.61. The highest BCUT2D eigenvalue weighted by Crippen LogP contribution is 2.40. The molecule has 0 spiro atoms. The van der Waals surface area contributed by atoms with Gasteiger partial charge in [0.2, 0.25) is 0 Å².